The average molecular weight is 505 g/mol. The molecule has 3 rings (SSSR count). The summed E-state index contributed by atoms with van der Waals surface area (Å²) in [6.07, 6.45) is 2.96. The number of nitrogens with zero attached hydrogens (tertiary/aromatic N) is 3. The minimum Gasteiger partial charge on any atom is -0.477 e. The molecule has 2 aromatic rings. The Balaban J connectivity index is 0.000000873. The van der Waals surface area contributed by atoms with Crippen LogP contribution in [0, 0.1) is 11.7 Å². The first kappa shape index (κ1) is 29.4. The minimum absolute atomic E-state index is 0. The molecule has 0 bridgehead atoms. The van der Waals surface area contributed by atoms with Gasteiger partial charge in [0.1, 0.15) is 11.2 Å². The SMILES string of the molecule is CCNCC1CCN(c2nc3c(cc2F)c(=O)c(C(=O)O)cn3C(C)(C)C)C1.CS(=O)(=O)O.O. The second-order valence-corrected chi connectivity index (χ2v) is 10.5. The molecule has 5 N–H and O–H groups in total. The molecule has 1 aliphatic heterocycles. The van der Waals surface area contributed by atoms with E-state index in [1.54, 1.807) is 4.57 Å². The Morgan fingerprint density at radius 1 is 1.35 bits per heavy atom. The van der Waals surface area contributed by atoms with E-state index in [4.69, 9.17) is 4.55 Å². The molecule has 1 aliphatic rings. The summed E-state index contributed by atoms with van der Waals surface area (Å²) in [7, 11) is -3.67. The molecular weight excluding hydrogens is 471 g/mol. The molecule has 34 heavy (non-hydrogen) atoms. The topological polar surface area (TPSA) is 173 Å². The number of carbonyl (C=O) groups is 1. The molecule has 1 unspecified atom stereocenters. The highest BCUT2D eigenvalue weighted by Gasteiger charge is 2.28. The van der Waals surface area contributed by atoms with Gasteiger partial charge < -0.3 is 25.4 Å². The van der Waals surface area contributed by atoms with Crippen LogP contribution < -0.4 is 15.6 Å². The van der Waals surface area contributed by atoms with Gasteiger partial charge >= 0.3 is 5.97 Å². The minimum atomic E-state index is -3.67. The second-order valence-electron chi connectivity index (χ2n) is 9.02. The van der Waals surface area contributed by atoms with E-state index < -0.39 is 32.9 Å². The molecule has 0 saturated carbocycles. The quantitative estimate of drug-likeness (QED) is 0.504. The zero-order valence-corrected chi connectivity index (χ0v) is 20.7. The van der Waals surface area contributed by atoms with Gasteiger partial charge in [0.25, 0.3) is 10.1 Å². The number of nitrogens with one attached hydrogen (secondary N) is 1. The van der Waals surface area contributed by atoms with Crippen LogP contribution in [0.25, 0.3) is 11.0 Å². The molecule has 11 nitrogen and oxygen atoms in total. The number of carboxylic acid groups (broad SMARTS) is 1. The van der Waals surface area contributed by atoms with Gasteiger partial charge in [0.05, 0.1) is 11.6 Å². The van der Waals surface area contributed by atoms with E-state index in [1.165, 1.54) is 6.20 Å². The molecule has 3 heterocycles. The Morgan fingerprint density at radius 3 is 2.44 bits per heavy atom. The zero-order valence-electron chi connectivity index (χ0n) is 19.9. The van der Waals surface area contributed by atoms with Crippen molar-refractivity contribution in [1.82, 2.24) is 14.9 Å². The van der Waals surface area contributed by atoms with Gasteiger partial charge in [-0.1, -0.05) is 6.92 Å². The Morgan fingerprint density at radius 2 is 1.94 bits per heavy atom. The zero-order chi connectivity index (χ0) is 25.1. The van der Waals surface area contributed by atoms with Crippen LogP contribution >= 0.6 is 0 Å². The van der Waals surface area contributed by atoms with Gasteiger partial charge in [0, 0.05) is 24.8 Å². The van der Waals surface area contributed by atoms with Crippen LogP contribution in [0.3, 0.4) is 0 Å². The Labute approximate surface area is 197 Å². The van der Waals surface area contributed by atoms with Crippen molar-refractivity contribution in [3.63, 3.8) is 0 Å². The molecule has 0 aliphatic carbocycles. The summed E-state index contributed by atoms with van der Waals surface area (Å²) in [4.78, 5) is 30.5. The van der Waals surface area contributed by atoms with Crippen LogP contribution in [0.5, 0.6) is 0 Å². The fourth-order valence-corrected chi connectivity index (χ4v) is 3.64. The molecule has 1 fully saturated rings. The van der Waals surface area contributed by atoms with Gasteiger partial charge in [0.15, 0.2) is 11.6 Å². The Bertz CT molecular complexity index is 1180. The van der Waals surface area contributed by atoms with Crippen molar-refractivity contribution in [2.75, 3.05) is 37.3 Å². The standard InChI is InChI=1S/C20H27FN4O3.CH4O3S.H2O/c1-5-22-9-12-6-7-24(10-12)18-15(21)8-13-16(26)14(19(27)28)11-25(17(13)23-18)20(2,3)4;1-5(2,3)4;/h8,11-12,22H,5-7,9-10H2,1-4H3,(H,27,28);1H3,(H,2,3,4);1H2. The van der Waals surface area contributed by atoms with Crippen LogP contribution in [-0.4, -0.2) is 71.5 Å². The van der Waals surface area contributed by atoms with Crippen LogP contribution in [0.2, 0.25) is 0 Å². The number of anilines is 1. The van der Waals surface area contributed by atoms with Crippen molar-refractivity contribution >= 4 is 32.9 Å². The third-order valence-corrected chi connectivity index (χ3v) is 5.13. The monoisotopic (exact) mass is 504 g/mol. The van der Waals surface area contributed by atoms with Crippen LogP contribution in [0.4, 0.5) is 10.2 Å². The van der Waals surface area contributed by atoms with Gasteiger partial charge in [-0.05, 0) is 52.3 Å². The van der Waals surface area contributed by atoms with Crippen molar-refractivity contribution in [3.8, 4) is 0 Å². The van der Waals surface area contributed by atoms with Crippen LogP contribution in [-0.2, 0) is 15.7 Å². The van der Waals surface area contributed by atoms with Gasteiger partial charge in [-0.3, -0.25) is 9.35 Å². The summed E-state index contributed by atoms with van der Waals surface area (Å²) in [6.45, 7) is 10.8. The molecule has 13 heteroatoms. The summed E-state index contributed by atoms with van der Waals surface area (Å²) in [5, 5.41) is 12.7. The summed E-state index contributed by atoms with van der Waals surface area (Å²) < 4.78 is 42.4. The van der Waals surface area contributed by atoms with E-state index in [0.717, 1.165) is 25.6 Å². The molecule has 192 valence electrons. The largest absolute Gasteiger partial charge is 0.477 e. The van der Waals surface area contributed by atoms with E-state index in [-0.39, 0.29) is 22.2 Å². The summed E-state index contributed by atoms with van der Waals surface area (Å²) in [5.74, 6) is -1.31. The van der Waals surface area contributed by atoms with Crippen LogP contribution in [0.1, 0.15) is 44.5 Å². The third-order valence-electron chi connectivity index (χ3n) is 5.13. The molecule has 1 saturated heterocycles. The number of pyridine rings is 2. The lowest BCUT2D eigenvalue weighted by molar-refractivity contribution is 0.0694. The first-order chi connectivity index (χ1) is 15.1. The van der Waals surface area contributed by atoms with E-state index in [9.17, 15) is 27.5 Å². The maximum atomic E-state index is 14.9. The van der Waals surface area contributed by atoms with Crippen molar-refractivity contribution in [1.29, 1.82) is 0 Å². The van der Waals surface area contributed by atoms with Crippen molar-refractivity contribution in [3.05, 3.63) is 33.9 Å². The lowest BCUT2D eigenvalue weighted by Gasteiger charge is -2.26. The average Bonchev–Trinajstić information content (AvgIpc) is 3.12. The Hall–Kier alpha value is -2.61. The van der Waals surface area contributed by atoms with E-state index in [0.29, 0.717) is 30.9 Å². The summed E-state index contributed by atoms with van der Waals surface area (Å²) in [6, 6.07) is 1.13. The van der Waals surface area contributed by atoms with E-state index in [2.05, 4.69) is 17.2 Å². The Kier molecular flexibility index (Phi) is 9.70. The predicted molar refractivity (Wildman–Crippen MR) is 128 cm³/mol. The maximum absolute atomic E-state index is 14.9. The number of hydrogen-bond donors (Lipinski definition) is 3. The maximum Gasteiger partial charge on any atom is 0.341 e. The van der Waals surface area contributed by atoms with Crippen LogP contribution in [0.15, 0.2) is 17.1 Å². The molecule has 0 aromatic carbocycles. The van der Waals surface area contributed by atoms with Gasteiger partial charge in [-0.15, -0.1) is 0 Å². The predicted octanol–water partition coefficient (Wildman–Crippen LogP) is 1.10. The first-order valence-corrected chi connectivity index (χ1v) is 12.4. The molecule has 0 radical (unpaired) electrons. The van der Waals surface area contributed by atoms with E-state index in [1.807, 2.05) is 25.7 Å². The number of hydrogen-bond acceptors (Lipinski definition) is 7. The summed E-state index contributed by atoms with van der Waals surface area (Å²) >= 11 is 0. The van der Waals surface area contributed by atoms with E-state index >= 15 is 0 Å². The molecular formula is C21H33FN4O7S. The lowest BCUT2D eigenvalue weighted by Crippen LogP contribution is -2.30. The smallest absolute Gasteiger partial charge is 0.341 e. The fraction of sp³-hybridized carbons (Fsp3) is 0.571. The molecule has 2 aromatic heterocycles. The number of carboxylic acids is 1. The normalized spacial score (nSPS) is 16.1. The number of aromatic carboxylic acids is 1. The number of halogens is 1. The van der Waals surface area contributed by atoms with Gasteiger partial charge in [-0.25, -0.2) is 14.2 Å². The fourth-order valence-electron chi connectivity index (χ4n) is 3.64. The number of fused-ring (bicyclic) bond motifs is 1. The highest BCUT2D eigenvalue weighted by Crippen LogP contribution is 2.28. The van der Waals surface area contributed by atoms with Crippen molar-refractivity contribution < 1.29 is 32.7 Å². The lowest BCUT2D eigenvalue weighted by atomic mass is 10.1. The molecule has 1 atom stereocenters. The third kappa shape index (κ3) is 7.45. The highest BCUT2D eigenvalue weighted by molar-refractivity contribution is 7.85. The highest BCUT2D eigenvalue weighted by atomic mass is 32.2. The van der Waals surface area contributed by atoms with Gasteiger partial charge in [-0.2, -0.15) is 8.42 Å². The number of aromatic nitrogens is 2. The first-order valence-electron chi connectivity index (χ1n) is 10.5. The summed E-state index contributed by atoms with van der Waals surface area (Å²) in [5.41, 5.74) is -1.33. The number of rotatable bonds is 5. The van der Waals surface area contributed by atoms with Crippen molar-refractivity contribution in [2.24, 2.45) is 5.92 Å². The van der Waals surface area contributed by atoms with Crippen molar-refractivity contribution in [2.45, 2.75) is 39.7 Å². The molecule has 0 spiro atoms. The molecule has 0 amide bonds. The van der Waals surface area contributed by atoms with Gasteiger partial charge in [0.2, 0.25) is 5.43 Å². The second kappa shape index (κ2) is 11.2.